The van der Waals surface area contributed by atoms with Crippen molar-refractivity contribution in [3.8, 4) is 11.6 Å². The van der Waals surface area contributed by atoms with Crippen LogP contribution in [0.15, 0.2) is 54.7 Å². The number of hydrogen-bond donors (Lipinski definition) is 2. The van der Waals surface area contributed by atoms with Crippen molar-refractivity contribution in [3.63, 3.8) is 0 Å². The van der Waals surface area contributed by atoms with E-state index < -0.39 is 22.8 Å². The fraction of sp³-hybridized carbons (Fsp3) is 0.486. The number of unbranched alkanes of at least 4 members (excludes halogenated alkanes) is 1. The van der Waals surface area contributed by atoms with Crippen molar-refractivity contribution in [1.82, 2.24) is 9.40 Å². The van der Waals surface area contributed by atoms with E-state index in [1.165, 1.54) is 36.2 Å². The lowest BCUT2D eigenvalue weighted by Crippen LogP contribution is -2.49. The molecule has 3 N–H and O–H groups in total. The molecule has 0 saturated heterocycles. The molecule has 1 aliphatic heterocycles. The van der Waals surface area contributed by atoms with Gasteiger partial charge in [0.15, 0.2) is 5.56 Å². The molecule has 12 nitrogen and oxygen atoms in total. The van der Waals surface area contributed by atoms with Crippen molar-refractivity contribution < 1.29 is 32.9 Å². The highest BCUT2D eigenvalue weighted by atomic mass is 35.5. The van der Waals surface area contributed by atoms with Crippen LogP contribution in [-0.4, -0.2) is 66.5 Å². The molecule has 3 aliphatic rings. The Bertz CT molecular complexity index is 1830. The van der Waals surface area contributed by atoms with Crippen LogP contribution in [0, 0.1) is 17.0 Å². The maximum atomic E-state index is 12.6. The van der Waals surface area contributed by atoms with Gasteiger partial charge in [-0.05, 0) is 103 Å². The van der Waals surface area contributed by atoms with Gasteiger partial charge in [0.25, 0.3) is 5.91 Å². The van der Waals surface area contributed by atoms with E-state index in [4.69, 9.17) is 31.5 Å². The Kier molecular flexibility index (Phi) is 11.3. The molecule has 5 atom stereocenters. The molecule has 274 valence electrons. The number of rotatable bonds is 13. The number of nitrogens with zero attached hydrogens (tertiary/aromatic N) is 3. The van der Waals surface area contributed by atoms with Crippen LogP contribution in [0.4, 0.5) is 5.69 Å². The number of carbonyl (C=O) groups excluding carboxylic acids is 2. The van der Waals surface area contributed by atoms with E-state index in [0.29, 0.717) is 41.7 Å². The number of methoxy groups -OCH3 is 2. The SMILES string of the molecule is COc1c(C(=O)N[S@@](=O)CCC/C=C/[C@H](OC)[C@@H]2CC[C@H]2CN2C[C@@]3(CCCc4cc(Cl)ccc43)COc3ccc(C(N)=O)cc32)cn(C)[n+]1[O-]. The molecule has 14 heteroatoms. The molecule has 51 heavy (non-hydrogen) atoms. The summed E-state index contributed by atoms with van der Waals surface area (Å²) in [5.41, 5.74) is 9.41. The number of nitrogens with one attached hydrogen (secondary N) is 1. The van der Waals surface area contributed by atoms with Crippen molar-refractivity contribution >= 4 is 40.1 Å². The first-order chi connectivity index (χ1) is 24.5. The number of fused-ring (bicyclic) bond motifs is 3. The summed E-state index contributed by atoms with van der Waals surface area (Å²) >= 11 is 6.42. The normalized spacial score (nSPS) is 22.3. The minimum atomic E-state index is -1.62. The van der Waals surface area contributed by atoms with Crippen LogP contribution in [0.1, 0.15) is 70.4 Å². The fourth-order valence-corrected chi connectivity index (χ4v) is 8.90. The summed E-state index contributed by atoms with van der Waals surface area (Å²) in [7, 11) is 2.90. The van der Waals surface area contributed by atoms with Gasteiger partial charge in [-0.1, -0.05) is 29.8 Å². The standard InChI is InChI=1S/C37H46ClN5O7S/c1-41-21-29(36(49-3)43(41)46)35(45)40-51(47)17-6-4-5-9-32(48-2)28-13-10-26(28)20-42-22-37(16-7-8-24-18-27(38)12-14-30(24)37)23-50-33-15-11-25(34(39)44)19-31(33)42/h5,9,11-12,14-15,18-19,21,26,28,32H,4,6-8,10,13,16-17,20,22-23H2,1-3H3,(H2,39,44)(H,40,45)/b9-5+/t26-,28+,32-,37-,51-/m0/s1. The first-order valence-corrected chi connectivity index (χ1v) is 19.1. The smallest absolute Gasteiger partial charge is 0.418 e. The van der Waals surface area contributed by atoms with Crippen LogP contribution in [0.5, 0.6) is 11.6 Å². The molecule has 2 amide bonds. The Morgan fingerprint density at radius 3 is 2.80 bits per heavy atom. The number of ether oxygens (including phenoxy) is 3. The highest BCUT2D eigenvalue weighted by Gasteiger charge is 2.44. The molecule has 1 fully saturated rings. The summed E-state index contributed by atoms with van der Waals surface area (Å²) in [6, 6.07) is 11.7. The van der Waals surface area contributed by atoms with Gasteiger partial charge in [-0.15, -0.1) is 4.68 Å². The number of primary amides is 1. The van der Waals surface area contributed by atoms with Gasteiger partial charge < -0.3 is 30.1 Å². The average Bonchev–Trinajstić information content (AvgIpc) is 3.30. The van der Waals surface area contributed by atoms with Crippen molar-refractivity contribution in [1.29, 1.82) is 0 Å². The average molecular weight is 740 g/mol. The van der Waals surface area contributed by atoms with Gasteiger partial charge in [0.2, 0.25) is 5.91 Å². The van der Waals surface area contributed by atoms with Gasteiger partial charge in [0.1, 0.15) is 16.7 Å². The lowest BCUT2D eigenvalue weighted by atomic mass is 9.68. The zero-order valence-electron chi connectivity index (χ0n) is 29.3. The molecular weight excluding hydrogens is 694 g/mol. The number of hydrogen-bond acceptors (Lipinski definition) is 8. The molecule has 0 unspecified atom stereocenters. The van der Waals surface area contributed by atoms with E-state index in [-0.39, 0.29) is 28.7 Å². The number of carbonyl (C=O) groups is 2. The molecule has 1 spiro atoms. The predicted molar refractivity (Wildman–Crippen MR) is 196 cm³/mol. The third-order valence-corrected chi connectivity index (χ3v) is 11.9. The second kappa shape index (κ2) is 15.7. The first kappa shape index (κ1) is 36.7. The second-order valence-electron chi connectivity index (χ2n) is 13.8. The summed E-state index contributed by atoms with van der Waals surface area (Å²) in [5, 5.41) is 12.7. The molecule has 6 rings (SSSR count). The van der Waals surface area contributed by atoms with Gasteiger partial charge in [0, 0.05) is 42.0 Å². The lowest BCUT2D eigenvalue weighted by Gasteiger charge is -2.46. The Hall–Kier alpha value is -4.07. The largest absolute Gasteiger partial charge is 0.593 e. The van der Waals surface area contributed by atoms with E-state index in [9.17, 15) is 19.0 Å². The van der Waals surface area contributed by atoms with Gasteiger partial charge in [-0.25, -0.2) is 4.21 Å². The van der Waals surface area contributed by atoms with Crippen LogP contribution in [-0.2, 0) is 34.6 Å². The quantitative estimate of drug-likeness (QED) is 0.114. The van der Waals surface area contributed by atoms with Crippen LogP contribution in [0.2, 0.25) is 5.02 Å². The summed E-state index contributed by atoms with van der Waals surface area (Å²) in [6.45, 7) is 2.06. The summed E-state index contributed by atoms with van der Waals surface area (Å²) in [5.74, 6) is 0.398. The number of halogens is 1. The van der Waals surface area contributed by atoms with Crippen molar-refractivity contribution in [3.05, 3.63) is 87.2 Å². The number of nitrogens with two attached hydrogens (primary N) is 1. The minimum Gasteiger partial charge on any atom is -0.593 e. The third kappa shape index (κ3) is 7.75. The Balaban J connectivity index is 1.10. The van der Waals surface area contributed by atoms with Crippen molar-refractivity contribution in [2.24, 2.45) is 24.6 Å². The molecule has 0 bridgehead atoms. The van der Waals surface area contributed by atoms with Crippen molar-refractivity contribution in [2.45, 2.75) is 56.5 Å². The van der Waals surface area contributed by atoms with Gasteiger partial charge in [-0.3, -0.25) is 14.3 Å². The maximum Gasteiger partial charge on any atom is 0.418 e. The maximum absolute atomic E-state index is 12.6. The molecule has 2 heterocycles. The topological polar surface area (TPSA) is 152 Å². The monoisotopic (exact) mass is 739 g/mol. The van der Waals surface area contributed by atoms with E-state index >= 15 is 0 Å². The Morgan fingerprint density at radius 2 is 2.08 bits per heavy atom. The highest BCUT2D eigenvalue weighted by molar-refractivity contribution is 7.83. The summed E-state index contributed by atoms with van der Waals surface area (Å²) in [4.78, 5) is 27.7. The number of aryl methyl sites for hydroxylation is 2. The molecule has 0 radical (unpaired) electrons. The third-order valence-electron chi connectivity index (χ3n) is 10.6. The zero-order chi connectivity index (χ0) is 36.3. The second-order valence-corrected chi connectivity index (χ2v) is 15.5. The number of amides is 2. The van der Waals surface area contributed by atoms with E-state index in [1.54, 1.807) is 13.2 Å². The summed E-state index contributed by atoms with van der Waals surface area (Å²) < 4.78 is 33.8. The van der Waals surface area contributed by atoms with Gasteiger partial charge in [-0.2, -0.15) is 0 Å². The zero-order valence-corrected chi connectivity index (χ0v) is 30.8. The van der Waals surface area contributed by atoms with Crippen LogP contribution in [0.25, 0.3) is 0 Å². The molecule has 1 aromatic heterocycles. The van der Waals surface area contributed by atoms with Gasteiger partial charge in [0.05, 0.1) is 38.8 Å². The number of aromatic nitrogens is 2. The lowest BCUT2D eigenvalue weighted by molar-refractivity contribution is -0.696. The Morgan fingerprint density at radius 1 is 1.25 bits per heavy atom. The van der Waals surface area contributed by atoms with Crippen molar-refractivity contribution in [2.75, 3.05) is 44.6 Å². The molecule has 3 aromatic rings. The molecule has 2 aliphatic carbocycles. The number of benzene rings is 2. The minimum absolute atomic E-state index is 0.0226. The van der Waals surface area contributed by atoms with Crippen LogP contribution in [0.3, 0.4) is 0 Å². The van der Waals surface area contributed by atoms with Crippen LogP contribution < -0.4 is 29.7 Å². The van der Waals surface area contributed by atoms with Gasteiger partial charge >= 0.3 is 5.88 Å². The molecule has 2 aromatic carbocycles. The molecule has 1 saturated carbocycles. The predicted octanol–water partition coefficient (Wildman–Crippen LogP) is 4.36. The molecular formula is C37H46ClN5O7S. The number of anilines is 1. The fourth-order valence-electron chi connectivity index (χ4n) is 7.86. The number of allylic oxidation sites excluding steroid dienone is 1. The summed E-state index contributed by atoms with van der Waals surface area (Å²) in [6.07, 6.45) is 11.7. The Labute approximate surface area is 306 Å². The van der Waals surface area contributed by atoms with E-state index in [1.807, 2.05) is 18.2 Å². The van der Waals surface area contributed by atoms with E-state index in [2.05, 4.69) is 33.9 Å². The first-order valence-electron chi connectivity index (χ1n) is 17.4. The van der Waals surface area contributed by atoms with Crippen LogP contribution >= 0.6 is 11.6 Å². The highest BCUT2D eigenvalue weighted by Crippen LogP contribution is 2.47. The van der Waals surface area contributed by atoms with E-state index in [0.717, 1.165) is 61.7 Å².